The summed E-state index contributed by atoms with van der Waals surface area (Å²) in [5, 5.41) is 8.45. The first-order valence-corrected chi connectivity index (χ1v) is 9.47. The lowest BCUT2D eigenvalue weighted by Crippen LogP contribution is -2.31. The first-order chi connectivity index (χ1) is 13.3. The van der Waals surface area contributed by atoms with Crippen LogP contribution in [0.4, 0.5) is 0 Å². The van der Waals surface area contributed by atoms with Crippen LogP contribution in [-0.2, 0) is 24.2 Å². The van der Waals surface area contributed by atoms with Crippen molar-refractivity contribution in [2.45, 2.75) is 25.9 Å². The Morgan fingerprint density at radius 2 is 1.33 bits per heavy atom. The van der Waals surface area contributed by atoms with E-state index in [2.05, 4.69) is 72.8 Å². The van der Waals surface area contributed by atoms with Gasteiger partial charge in [0.25, 0.3) is 6.02 Å². The van der Waals surface area contributed by atoms with Gasteiger partial charge in [0, 0.05) is 13.1 Å². The Kier molecular flexibility index (Phi) is 5.20. The van der Waals surface area contributed by atoms with Gasteiger partial charge in [-0.2, -0.15) is 0 Å². The van der Waals surface area contributed by atoms with Crippen LogP contribution in [-0.4, -0.2) is 17.5 Å². The smallest absolute Gasteiger partial charge is 0.284 e. The summed E-state index contributed by atoms with van der Waals surface area (Å²) in [5.41, 5.74) is 6.30. The van der Waals surface area contributed by atoms with Crippen molar-refractivity contribution in [1.29, 1.82) is 5.41 Å². The van der Waals surface area contributed by atoms with E-state index in [0.717, 1.165) is 12.8 Å². The number of amidine groups is 1. The monoisotopic (exact) mass is 356 g/mol. The first-order valence-electron chi connectivity index (χ1n) is 9.47. The van der Waals surface area contributed by atoms with Crippen molar-refractivity contribution < 1.29 is 4.74 Å². The van der Waals surface area contributed by atoms with Gasteiger partial charge in [-0.1, -0.05) is 78.9 Å². The zero-order chi connectivity index (χ0) is 18.5. The van der Waals surface area contributed by atoms with Crippen LogP contribution in [0.5, 0.6) is 0 Å². The number of nitrogens with zero attached hydrogens (tertiary/aromatic N) is 1. The first kappa shape index (κ1) is 17.3. The molecule has 1 N–H and O–H groups in total. The van der Waals surface area contributed by atoms with Gasteiger partial charge in [0.05, 0.1) is 6.61 Å². The van der Waals surface area contributed by atoms with Crippen molar-refractivity contribution in [3.05, 3.63) is 95.6 Å². The molecule has 0 fully saturated rings. The predicted octanol–water partition coefficient (Wildman–Crippen LogP) is 5.25. The number of nitrogens with one attached hydrogen (secondary N) is 1. The van der Waals surface area contributed by atoms with Gasteiger partial charge in [-0.25, -0.2) is 0 Å². The Bertz CT molecular complexity index is 873. The maximum atomic E-state index is 8.45. The van der Waals surface area contributed by atoms with E-state index in [1.54, 1.807) is 0 Å². The molecule has 0 spiro atoms. The quantitative estimate of drug-likeness (QED) is 0.393. The summed E-state index contributed by atoms with van der Waals surface area (Å²) < 4.78 is 5.80. The van der Waals surface area contributed by atoms with Crippen molar-refractivity contribution in [1.82, 2.24) is 4.90 Å². The fourth-order valence-electron chi connectivity index (χ4n) is 3.63. The van der Waals surface area contributed by atoms with Gasteiger partial charge in [0.1, 0.15) is 0 Å². The number of hydrogen-bond donors (Lipinski definition) is 1. The van der Waals surface area contributed by atoms with Crippen molar-refractivity contribution in [3.63, 3.8) is 0 Å². The summed E-state index contributed by atoms with van der Waals surface area (Å²) in [4.78, 5) is 2.02. The second-order valence-corrected chi connectivity index (χ2v) is 6.91. The van der Waals surface area contributed by atoms with E-state index in [0.29, 0.717) is 19.7 Å². The third-order valence-electron chi connectivity index (χ3n) is 5.03. The Hall–Kier alpha value is -3.07. The molecule has 0 radical (unpaired) electrons. The molecular formula is C24H24N2O. The summed E-state index contributed by atoms with van der Waals surface area (Å²) in [6.07, 6.45) is 1.88. The molecule has 1 heterocycles. The van der Waals surface area contributed by atoms with Gasteiger partial charge in [0.2, 0.25) is 0 Å². The van der Waals surface area contributed by atoms with Crippen LogP contribution in [0.2, 0.25) is 0 Å². The number of ether oxygens (including phenoxy) is 1. The molecule has 1 aliphatic rings. The van der Waals surface area contributed by atoms with Gasteiger partial charge < -0.3 is 9.64 Å². The highest BCUT2D eigenvalue weighted by Gasteiger charge is 2.21. The number of aryl methyl sites for hydroxylation is 1. The second kappa shape index (κ2) is 8.09. The van der Waals surface area contributed by atoms with E-state index >= 15 is 0 Å². The number of rotatable bonds is 4. The van der Waals surface area contributed by atoms with E-state index in [1.165, 1.54) is 27.8 Å². The molecular weight excluding hydrogens is 332 g/mol. The maximum absolute atomic E-state index is 8.45. The molecule has 0 amide bonds. The number of fused-ring (bicyclic) bond motifs is 3. The molecule has 0 saturated heterocycles. The predicted molar refractivity (Wildman–Crippen MR) is 110 cm³/mol. The molecule has 0 saturated carbocycles. The molecule has 0 bridgehead atoms. The van der Waals surface area contributed by atoms with Crippen LogP contribution in [0.25, 0.3) is 11.1 Å². The summed E-state index contributed by atoms with van der Waals surface area (Å²) in [5.74, 6) is 0. The van der Waals surface area contributed by atoms with Gasteiger partial charge in [-0.05, 0) is 40.7 Å². The van der Waals surface area contributed by atoms with E-state index in [1.807, 2.05) is 11.0 Å². The summed E-state index contributed by atoms with van der Waals surface area (Å²) >= 11 is 0. The average Bonchev–Trinajstić information content (AvgIpc) is 2.89. The largest absolute Gasteiger partial charge is 0.465 e. The molecule has 4 rings (SSSR count). The Morgan fingerprint density at radius 3 is 1.96 bits per heavy atom. The Balaban J connectivity index is 1.42. The highest BCUT2D eigenvalue weighted by atomic mass is 16.5. The van der Waals surface area contributed by atoms with Crippen molar-refractivity contribution in [2.75, 3.05) is 6.61 Å². The molecule has 3 heteroatoms. The lowest BCUT2D eigenvalue weighted by Gasteiger charge is -2.23. The molecule has 0 aliphatic carbocycles. The molecule has 0 atom stereocenters. The third-order valence-corrected chi connectivity index (χ3v) is 5.03. The molecule has 0 unspecified atom stereocenters. The minimum Gasteiger partial charge on any atom is -0.465 e. The van der Waals surface area contributed by atoms with E-state index < -0.39 is 0 Å². The van der Waals surface area contributed by atoms with Gasteiger partial charge in [-0.3, -0.25) is 5.41 Å². The van der Waals surface area contributed by atoms with Gasteiger partial charge in [-0.15, -0.1) is 0 Å². The molecule has 27 heavy (non-hydrogen) atoms. The lowest BCUT2D eigenvalue weighted by molar-refractivity contribution is 0.217. The van der Waals surface area contributed by atoms with E-state index in [9.17, 15) is 0 Å². The van der Waals surface area contributed by atoms with E-state index in [4.69, 9.17) is 10.1 Å². The SMILES string of the molecule is N=C(OCCCc1ccccc1)N1Cc2ccccc2-c2ccccc2C1. The zero-order valence-corrected chi connectivity index (χ0v) is 15.4. The third kappa shape index (κ3) is 4.03. The van der Waals surface area contributed by atoms with Gasteiger partial charge >= 0.3 is 0 Å². The van der Waals surface area contributed by atoms with Crippen molar-refractivity contribution in [2.24, 2.45) is 0 Å². The summed E-state index contributed by atoms with van der Waals surface area (Å²) in [6.45, 7) is 1.96. The fourth-order valence-corrected chi connectivity index (χ4v) is 3.63. The minimum atomic E-state index is 0.259. The molecule has 136 valence electrons. The number of benzene rings is 3. The normalized spacial score (nSPS) is 12.7. The Labute approximate surface area is 160 Å². The Morgan fingerprint density at radius 1 is 0.778 bits per heavy atom. The van der Waals surface area contributed by atoms with E-state index in [-0.39, 0.29) is 6.02 Å². The van der Waals surface area contributed by atoms with Crippen LogP contribution in [0.3, 0.4) is 0 Å². The molecule has 0 aromatic heterocycles. The zero-order valence-electron chi connectivity index (χ0n) is 15.4. The van der Waals surface area contributed by atoms with Crippen LogP contribution in [0, 0.1) is 5.41 Å². The van der Waals surface area contributed by atoms with Crippen LogP contribution in [0.1, 0.15) is 23.1 Å². The summed E-state index contributed by atoms with van der Waals surface area (Å²) in [7, 11) is 0. The molecule has 3 aromatic carbocycles. The van der Waals surface area contributed by atoms with Crippen molar-refractivity contribution in [3.8, 4) is 11.1 Å². The molecule has 3 aromatic rings. The highest BCUT2D eigenvalue weighted by Crippen LogP contribution is 2.32. The van der Waals surface area contributed by atoms with Gasteiger partial charge in [0.15, 0.2) is 0 Å². The van der Waals surface area contributed by atoms with Crippen molar-refractivity contribution >= 4 is 6.02 Å². The molecule has 3 nitrogen and oxygen atoms in total. The van der Waals surface area contributed by atoms with Crippen LogP contribution >= 0.6 is 0 Å². The number of hydrogen-bond acceptors (Lipinski definition) is 2. The standard InChI is InChI=1S/C24H24N2O/c25-24(27-16-8-11-19-9-2-1-3-10-19)26-17-20-12-4-6-14-22(20)23-15-7-5-13-21(23)18-26/h1-7,9-10,12-15,25H,8,11,16-18H2. The molecule has 1 aliphatic heterocycles. The summed E-state index contributed by atoms with van der Waals surface area (Å²) in [6, 6.07) is 27.6. The average molecular weight is 356 g/mol. The lowest BCUT2D eigenvalue weighted by atomic mass is 9.97. The van der Waals surface area contributed by atoms with Crippen LogP contribution < -0.4 is 0 Å². The highest BCUT2D eigenvalue weighted by molar-refractivity contribution is 5.76. The minimum absolute atomic E-state index is 0.259. The fraction of sp³-hybridized carbons (Fsp3) is 0.208. The second-order valence-electron chi connectivity index (χ2n) is 6.91. The van der Waals surface area contributed by atoms with Crippen LogP contribution in [0.15, 0.2) is 78.9 Å². The maximum Gasteiger partial charge on any atom is 0.284 e. The topological polar surface area (TPSA) is 36.3 Å².